The van der Waals surface area contributed by atoms with Crippen molar-refractivity contribution in [1.82, 2.24) is 24.7 Å². The summed E-state index contributed by atoms with van der Waals surface area (Å²) in [5.74, 6) is 2.08. The van der Waals surface area contributed by atoms with Crippen LogP contribution in [-0.4, -0.2) is 37.9 Å². The number of imidazole rings is 1. The second-order valence-corrected chi connectivity index (χ2v) is 6.59. The summed E-state index contributed by atoms with van der Waals surface area (Å²) in [6.07, 6.45) is 6.51. The minimum Gasteiger partial charge on any atom is -0.381 e. The van der Waals surface area contributed by atoms with Crippen molar-refractivity contribution in [3.63, 3.8) is 0 Å². The van der Waals surface area contributed by atoms with Crippen molar-refractivity contribution in [3.8, 4) is 11.5 Å². The Labute approximate surface area is 139 Å². The Bertz CT molecular complexity index is 823. The number of ether oxygens (including phenoxy) is 1. The molecule has 2 aromatic heterocycles. The normalized spacial score (nSPS) is 20.6. The molecule has 1 fully saturated rings. The Hall–Kier alpha value is -2.47. The number of fused-ring (bicyclic) bond motifs is 1. The molecule has 3 aromatic rings. The van der Waals surface area contributed by atoms with Crippen LogP contribution in [0.5, 0.6) is 0 Å². The molecular formula is C18H19N5O. The van der Waals surface area contributed by atoms with E-state index in [9.17, 15) is 0 Å². The number of rotatable bonds is 3. The van der Waals surface area contributed by atoms with Crippen molar-refractivity contribution in [2.45, 2.75) is 31.2 Å². The smallest absolute Gasteiger partial charge is 0.176 e. The van der Waals surface area contributed by atoms with Crippen LogP contribution in [0.25, 0.3) is 11.5 Å². The lowest BCUT2D eigenvalue weighted by molar-refractivity contribution is 0.193. The molecule has 5 rings (SSSR count). The van der Waals surface area contributed by atoms with E-state index in [1.54, 1.807) is 6.33 Å². The van der Waals surface area contributed by atoms with Gasteiger partial charge in [-0.3, -0.25) is 0 Å². The Balaban J connectivity index is 1.55. The maximum atomic E-state index is 5.52. The summed E-state index contributed by atoms with van der Waals surface area (Å²) in [6, 6.07) is 8.96. The number of H-pyrrole nitrogens is 1. The molecule has 6 heteroatoms. The number of aromatic nitrogens is 5. The van der Waals surface area contributed by atoms with E-state index >= 15 is 0 Å². The van der Waals surface area contributed by atoms with E-state index in [-0.39, 0.29) is 0 Å². The summed E-state index contributed by atoms with van der Waals surface area (Å²) in [6.45, 7) is 1.52. The van der Waals surface area contributed by atoms with Gasteiger partial charge in [0.2, 0.25) is 0 Å². The first-order valence-electron chi connectivity index (χ1n) is 8.48. The van der Waals surface area contributed by atoms with Crippen LogP contribution in [0.15, 0.2) is 36.8 Å². The molecule has 1 aliphatic carbocycles. The molecule has 0 amide bonds. The van der Waals surface area contributed by atoms with Crippen LogP contribution in [0.3, 0.4) is 0 Å². The van der Waals surface area contributed by atoms with Crippen molar-refractivity contribution >= 4 is 0 Å². The number of aromatic amines is 1. The molecule has 0 saturated carbocycles. The maximum absolute atomic E-state index is 5.52. The van der Waals surface area contributed by atoms with Crippen LogP contribution in [0.4, 0.5) is 0 Å². The van der Waals surface area contributed by atoms with Crippen LogP contribution < -0.4 is 0 Å². The van der Waals surface area contributed by atoms with Crippen LogP contribution in [0.2, 0.25) is 0 Å². The molecule has 6 nitrogen and oxygen atoms in total. The molecule has 0 radical (unpaired) electrons. The predicted octanol–water partition coefficient (Wildman–Crippen LogP) is 2.51. The number of hydrogen-bond acceptors (Lipinski definition) is 4. The Kier molecular flexibility index (Phi) is 3.23. The summed E-state index contributed by atoms with van der Waals surface area (Å²) in [4.78, 5) is 12.2. The summed E-state index contributed by atoms with van der Waals surface area (Å²) >= 11 is 0. The fraction of sp³-hybridized carbons (Fsp3) is 0.389. The minimum atomic E-state index is 0.302. The third-order valence-electron chi connectivity index (χ3n) is 5.06. The zero-order valence-electron chi connectivity index (χ0n) is 13.4. The maximum Gasteiger partial charge on any atom is 0.176 e. The van der Waals surface area contributed by atoms with Gasteiger partial charge in [-0.05, 0) is 30.4 Å². The highest BCUT2D eigenvalue weighted by Gasteiger charge is 2.30. The first-order chi connectivity index (χ1) is 11.9. The summed E-state index contributed by atoms with van der Waals surface area (Å²) in [5, 5.41) is 4.89. The molecule has 1 aliphatic heterocycles. The molecule has 1 saturated heterocycles. The lowest BCUT2D eigenvalue weighted by Crippen LogP contribution is -2.13. The first-order valence-corrected chi connectivity index (χ1v) is 8.48. The second-order valence-electron chi connectivity index (χ2n) is 6.59. The number of benzene rings is 1. The quantitative estimate of drug-likeness (QED) is 0.805. The van der Waals surface area contributed by atoms with E-state index in [0.29, 0.717) is 12.0 Å². The number of nitrogens with one attached hydrogen (secondary N) is 1. The first kappa shape index (κ1) is 13.9. The van der Waals surface area contributed by atoms with Gasteiger partial charge < -0.3 is 9.72 Å². The van der Waals surface area contributed by atoms with E-state index in [4.69, 9.17) is 14.8 Å². The van der Waals surface area contributed by atoms with Gasteiger partial charge in [-0.1, -0.05) is 24.3 Å². The topological polar surface area (TPSA) is 68.6 Å². The number of nitrogens with zero attached hydrogens (tertiary/aromatic N) is 4. The minimum absolute atomic E-state index is 0.302. The molecular weight excluding hydrogens is 302 g/mol. The third kappa shape index (κ3) is 2.26. The van der Waals surface area contributed by atoms with Crippen LogP contribution >= 0.6 is 0 Å². The van der Waals surface area contributed by atoms with Gasteiger partial charge in [-0.2, -0.15) is 5.10 Å². The Morgan fingerprint density at radius 3 is 2.67 bits per heavy atom. The van der Waals surface area contributed by atoms with Crippen LogP contribution in [0.1, 0.15) is 35.3 Å². The van der Waals surface area contributed by atoms with Gasteiger partial charge in [-0.15, -0.1) is 0 Å². The molecule has 24 heavy (non-hydrogen) atoms. The molecule has 1 N–H and O–H groups in total. The average molecular weight is 321 g/mol. The zero-order valence-corrected chi connectivity index (χ0v) is 13.4. The van der Waals surface area contributed by atoms with Crippen molar-refractivity contribution in [1.29, 1.82) is 0 Å². The van der Waals surface area contributed by atoms with Gasteiger partial charge in [0.05, 0.1) is 25.2 Å². The third-order valence-corrected chi connectivity index (χ3v) is 5.06. The summed E-state index contributed by atoms with van der Waals surface area (Å²) < 4.78 is 7.62. The van der Waals surface area contributed by atoms with E-state index in [2.05, 4.69) is 38.9 Å². The zero-order chi connectivity index (χ0) is 15.9. The van der Waals surface area contributed by atoms with E-state index in [1.807, 2.05) is 6.20 Å². The molecule has 2 aliphatic rings. The lowest BCUT2D eigenvalue weighted by atomic mass is 10.1. The number of hydrogen-bond donors (Lipinski definition) is 1. The standard InChI is InChI=1S/C18H19N5O/c1-2-4-13-8-15(7-12(13)3-1)23-18(16-9-19-11-20-16)21-17(22-23)14-5-6-24-10-14/h1-4,9,11,14-15H,5-8,10H2,(H,19,20). The Morgan fingerprint density at radius 1 is 1.17 bits per heavy atom. The fourth-order valence-corrected chi connectivity index (χ4v) is 3.78. The van der Waals surface area contributed by atoms with Crippen molar-refractivity contribution in [2.24, 2.45) is 0 Å². The van der Waals surface area contributed by atoms with Crippen molar-refractivity contribution < 1.29 is 4.74 Å². The van der Waals surface area contributed by atoms with Gasteiger partial charge in [0.25, 0.3) is 0 Å². The van der Waals surface area contributed by atoms with Crippen molar-refractivity contribution in [2.75, 3.05) is 13.2 Å². The Morgan fingerprint density at radius 2 is 2.00 bits per heavy atom. The molecule has 1 aromatic carbocycles. The summed E-state index contributed by atoms with van der Waals surface area (Å²) in [7, 11) is 0. The van der Waals surface area contributed by atoms with Gasteiger partial charge in [0, 0.05) is 12.5 Å². The predicted molar refractivity (Wildman–Crippen MR) is 88.7 cm³/mol. The molecule has 122 valence electrons. The highest BCUT2D eigenvalue weighted by atomic mass is 16.5. The van der Waals surface area contributed by atoms with Gasteiger partial charge in [0.1, 0.15) is 5.69 Å². The van der Waals surface area contributed by atoms with Crippen LogP contribution in [0, 0.1) is 0 Å². The monoisotopic (exact) mass is 321 g/mol. The van der Waals surface area contributed by atoms with E-state index in [1.165, 1.54) is 11.1 Å². The fourth-order valence-electron chi connectivity index (χ4n) is 3.78. The van der Waals surface area contributed by atoms with E-state index < -0.39 is 0 Å². The second kappa shape index (κ2) is 5.56. The van der Waals surface area contributed by atoms with Gasteiger partial charge >= 0.3 is 0 Å². The van der Waals surface area contributed by atoms with E-state index in [0.717, 1.165) is 49.8 Å². The highest BCUT2D eigenvalue weighted by molar-refractivity contribution is 5.48. The SMILES string of the molecule is c1ccc2c(c1)CC(n1nc(C3CCOC3)nc1-c1cnc[nH]1)C2. The molecule has 1 atom stereocenters. The lowest BCUT2D eigenvalue weighted by Gasteiger charge is -2.12. The highest BCUT2D eigenvalue weighted by Crippen LogP contribution is 2.33. The van der Waals surface area contributed by atoms with Crippen molar-refractivity contribution in [3.05, 3.63) is 53.7 Å². The molecule has 0 spiro atoms. The molecule has 0 bridgehead atoms. The average Bonchev–Trinajstić information content (AvgIpc) is 3.40. The van der Waals surface area contributed by atoms with Gasteiger partial charge in [0.15, 0.2) is 11.6 Å². The summed E-state index contributed by atoms with van der Waals surface area (Å²) in [5.41, 5.74) is 3.75. The van der Waals surface area contributed by atoms with Gasteiger partial charge in [-0.25, -0.2) is 14.6 Å². The van der Waals surface area contributed by atoms with Crippen LogP contribution in [-0.2, 0) is 17.6 Å². The largest absolute Gasteiger partial charge is 0.381 e. The molecule has 3 heterocycles. The molecule has 1 unspecified atom stereocenters.